The number of nitrogens with zero attached hydrogens (tertiary/aromatic N) is 1. The van der Waals surface area contributed by atoms with Gasteiger partial charge in [-0.25, -0.2) is 11.6 Å². The van der Waals surface area contributed by atoms with Crippen molar-refractivity contribution >= 4 is 11.7 Å². The predicted octanol–water partition coefficient (Wildman–Crippen LogP) is 1.94. The molecule has 4 nitrogen and oxygen atoms in total. The number of benzene rings is 1. The topological polar surface area (TPSA) is 38.8 Å². The summed E-state index contributed by atoms with van der Waals surface area (Å²) in [6.45, 7) is 19.4. The molecule has 0 atom stereocenters. The number of hydrogen-bond acceptors (Lipinski definition) is 4. The van der Waals surface area contributed by atoms with Gasteiger partial charge in [0.25, 0.3) is 0 Å². The number of rotatable bonds is 2. The molecule has 156 valence electrons. The zero-order valence-corrected chi connectivity index (χ0v) is 22.0. The van der Waals surface area contributed by atoms with E-state index in [0.717, 1.165) is 39.1 Å². The molecule has 0 N–H and O–H groups in total. The number of aryl methyl sites for hydroxylation is 1. The van der Waals surface area contributed by atoms with Crippen LogP contribution in [0.3, 0.4) is 0 Å². The van der Waals surface area contributed by atoms with Gasteiger partial charge in [0, 0.05) is 18.8 Å². The van der Waals surface area contributed by atoms with Gasteiger partial charge in [-0.2, -0.15) is 6.58 Å². The Labute approximate surface area is 220 Å². The summed E-state index contributed by atoms with van der Waals surface area (Å²) in [5.74, 6) is -0.461. The van der Waals surface area contributed by atoms with E-state index in [1.807, 2.05) is 6.08 Å². The van der Waals surface area contributed by atoms with Gasteiger partial charge in [-0.05, 0) is 26.0 Å². The Hall–Kier alpha value is -0.564. The van der Waals surface area contributed by atoms with Crippen molar-refractivity contribution in [1.29, 1.82) is 0 Å². The molecule has 0 spiro atoms. The van der Waals surface area contributed by atoms with Crippen molar-refractivity contribution in [1.82, 2.24) is 0 Å². The first-order valence-electron chi connectivity index (χ1n) is 9.86. The fourth-order valence-corrected chi connectivity index (χ4v) is 2.94. The largest absolute Gasteiger partial charge is 1.00 e. The van der Waals surface area contributed by atoms with Gasteiger partial charge < -0.3 is 14.4 Å². The van der Waals surface area contributed by atoms with Gasteiger partial charge in [0.15, 0.2) is 5.97 Å². The van der Waals surface area contributed by atoms with Crippen LogP contribution < -0.4 is 56.3 Å². The third kappa shape index (κ3) is 13.4. The number of carbonyl (C=O) groups excluding carboxylic acids is 1. The Morgan fingerprint density at radius 3 is 2.24 bits per heavy atom. The van der Waals surface area contributed by atoms with Crippen LogP contribution in [0.2, 0.25) is 0 Å². The summed E-state index contributed by atoms with van der Waals surface area (Å²) >= 11 is 0. The Morgan fingerprint density at radius 2 is 1.86 bits per heavy atom. The van der Waals surface area contributed by atoms with Crippen molar-refractivity contribution in [2.45, 2.75) is 40.5 Å². The summed E-state index contributed by atoms with van der Waals surface area (Å²) < 4.78 is 9.59. The molecule has 5 heteroatoms. The van der Waals surface area contributed by atoms with Crippen molar-refractivity contribution in [3.63, 3.8) is 0 Å². The number of anilines is 1. The Morgan fingerprint density at radius 1 is 1.28 bits per heavy atom. The monoisotopic (exact) mass is 424 g/mol. The minimum absolute atomic E-state index is 0. The molecular formula is C24H35KNO3-. The van der Waals surface area contributed by atoms with E-state index in [9.17, 15) is 4.79 Å². The van der Waals surface area contributed by atoms with Gasteiger partial charge in [-0.3, -0.25) is 17.8 Å². The molecule has 2 aliphatic rings. The van der Waals surface area contributed by atoms with E-state index in [4.69, 9.17) is 4.74 Å². The molecule has 0 amide bonds. The number of esters is 1. The van der Waals surface area contributed by atoms with E-state index >= 15 is 0 Å². The SMILES string of the molecule is C=C1C=[C-]CC(C)(C)C1.Cc1ccc(N2CCOCC2)cc1.[CH2-]C(=O)OCC.[K+]. The van der Waals surface area contributed by atoms with Crippen LogP contribution in [0.4, 0.5) is 5.69 Å². The fourth-order valence-electron chi connectivity index (χ4n) is 2.94. The van der Waals surface area contributed by atoms with Crippen LogP contribution in [-0.4, -0.2) is 38.9 Å². The Kier molecular flexibility index (Phi) is 15.0. The van der Waals surface area contributed by atoms with Gasteiger partial charge in [0.2, 0.25) is 0 Å². The first-order valence-corrected chi connectivity index (χ1v) is 9.86. The standard InChI is InChI=1S/C11H15NO.C9H13.C4H7O2.K/c1-10-2-4-11(5-3-10)12-6-8-13-9-7-12;1-8-5-4-6-9(2,3)7-8;1-3-6-4(2)5;/h2-5H,6-9H2,1H3;5H,1,6-7H2,2-3H3;2-3H2,1H3;/q;2*-1;+1. The molecule has 1 aliphatic heterocycles. The molecular weight excluding hydrogens is 389 g/mol. The number of morpholine rings is 1. The summed E-state index contributed by atoms with van der Waals surface area (Å²) in [4.78, 5) is 12.1. The van der Waals surface area contributed by atoms with Crippen LogP contribution in [0, 0.1) is 25.3 Å². The summed E-state index contributed by atoms with van der Waals surface area (Å²) in [5.41, 5.74) is 4.25. The third-order valence-corrected chi connectivity index (χ3v) is 4.31. The van der Waals surface area contributed by atoms with E-state index in [-0.39, 0.29) is 51.4 Å². The number of ether oxygens (including phenoxy) is 2. The molecule has 0 aromatic heterocycles. The molecule has 1 fully saturated rings. The van der Waals surface area contributed by atoms with Crippen molar-refractivity contribution in [2.75, 3.05) is 37.8 Å². The first-order chi connectivity index (χ1) is 13.2. The molecule has 1 aromatic carbocycles. The van der Waals surface area contributed by atoms with Crippen LogP contribution in [0.1, 0.15) is 39.2 Å². The summed E-state index contributed by atoms with van der Waals surface area (Å²) in [7, 11) is 0. The molecule has 1 aromatic rings. The van der Waals surface area contributed by atoms with Crippen LogP contribution in [-0.2, 0) is 14.3 Å². The van der Waals surface area contributed by atoms with Gasteiger partial charge in [-0.1, -0.05) is 43.4 Å². The number of carbonyl (C=O) groups is 1. The van der Waals surface area contributed by atoms with E-state index < -0.39 is 5.97 Å². The van der Waals surface area contributed by atoms with Crippen LogP contribution in [0.5, 0.6) is 0 Å². The molecule has 29 heavy (non-hydrogen) atoms. The molecule has 0 bridgehead atoms. The normalized spacial score (nSPS) is 17.0. The second-order valence-electron chi connectivity index (χ2n) is 7.76. The first kappa shape index (κ1) is 28.4. The quantitative estimate of drug-likeness (QED) is 0.413. The minimum atomic E-state index is -0.461. The molecule has 1 saturated heterocycles. The van der Waals surface area contributed by atoms with Gasteiger partial charge in [0.05, 0.1) is 19.8 Å². The van der Waals surface area contributed by atoms with E-state index in [1.165, 1.54) is 16.8 Å². The summed E-state index contributed by atoms with van der Waals surface area (Å²) in [6.07, 6.45) is 7.41. The maximum absolute atomic E-state index is 9.71. The maximum atomic E-state index is 9.71. The van der Waals surface area contributed by atoms with Crippen molar-refractivity contribution in [2.24, 2.45) is 5.41 Å². The molecule has 0 radical (unpaired) electrons. The van der Waals surface area contributed by atoms with Crippen LogP contribution in [0.25, 0.3) is 0 Å². The molecule has 0 saturated carbocycles. The van der Waals surface area contributed by atoms with Crippen LogP contribution in [0.15, 0.2) is 42.5 Å². The van der Waals surface area contributed by atoms with E-state index in [1.54, 1.807) is 6.92 Å². The van der Waals surface area contributed by atoms with Gasteiger partial charge >= 0.3 is 51.4 Å². The molecule has 0 unspecified atom stereocenters. The average Bonchev–Trinajstić information content (AvgIpc) is 2.63. The van der Waals surface area contributed by atoms with E-state index in [0.29, 0.717) is 12.0 Å². The maximum Gasteiger partial charge on any atom is 1.00 e. The fraction of sp³-hybridized carbons (Fsp3) is 0.500. The molecule has 1 aliphatic carbocycles. The zero-order valence-electron chi connectivity index (χ0n) is 18.9. The zero-order chi connectivity index (χ0) is 21.0. The third-order valence-electron chi connectivity index (χ3n) is 4.31. The van der Waals surface area contributed by atoms with Crippen LogP contribution >= 0.6 is 0 Å². The predicted molar refractivity (Wildman–Crippen MR) is 116 cm³/mol. The molecule has 3 rings (SSSR count). The number of hydrogen-bond donors (Lipinski definition) is 0. The average molecular weight is 425 g/mol. The van der Waals surface area contributed by atoms with Crippen molar-refractivity contribution < 1.29 is 65.7 Å². The smallest absolute Gasteiger partial charge is 0.489 e. The Bertz CT molecular complexity index is 632. The van der Waals surface area contributed by atoms with Gasteiger partial charge in [0.1, 0.15) is 0 Å². The Balaban J connectivity index is 0.000000432. The summed E-state index contributed by atoms with van der Waals surface area (Å²) in [6, 6.07) is 8.68. The van der Waals surface area contributed by atoms with Crippen molar-refractivity contribution in [3.05, 3.63) is 61.1 Å². The second kappa shape index (κ2) is 15.3. The molecule has 1 heterocycles. The van der Waals surface area contributed by atoms with E-state index in [2.05, 4.69) is 74.3 Å². The summed E-state index contributed by atoms with van der Waals surface area (Å²) in [5, 5.41) is 0. The number of allylic oxidation sites excluding steroid dienone is 3. The second-order valence-corrected chi connectivity index (χ2v) is 7.76. The van der Waals surface area contributed by atoms with Gasteiger partial charge in [-0.15, -0.1) is 6.42 Å². The minimum Gasteiger partial charge on any atom is -0.489 e. The van der Waals surface area contributed by atoms with Crippen molar-refractivity contribution in [3.8, 4) is 0 Å².